The predicted molar refractivity (Wildman–Crippen MR) is 54.0 cm³/mol. The summed E-state index contributed by atoms with van der Waals surface area (Å²) in [5.41, 5.74) is 0.402. The van der Waals surface area contributed by atoms with Gasteiger partial charge in [0, 0.05) is 5.56 Å². The van der Waals surface area contributed by atoms with Gasteiger partial charge in [-0.15, -0.1) is 0 Å². The fraction of sp³-hybridized carbons (Fsp3) is 0.273. The number of ether oxygens (including phenoxy) is 1. The van der Waals surface area contributed by atoms with Gasteiger partial charge in [-0.3, -0.25) is 4.79 Å². The Kier molecular flexibility index (Phi) is 3.29. The zero-order valence-corrected chi connectivity index (χ0v) is 8.57. The summed E-state index contributed by atoms with van der Waals surface area (Å²) >= 11 is 0. The van der Waals surface area contributed by atoms with Gasteiger partial charge < -0.3 is 9.84 Å². The summed E-state index contributed by atoms with van der Waals surface area (Å²) in [4.78, 5) is 11.1. The number of phenols is 1. The number of hydrogen-bond acceptors (Lipinski definition) is 4. The Bertz CT molecular complexity index is 432. The maximum Gasteiger partial charge on any atom is 0.175 e. The van der Waals surface area contributed by atoms with Gasteiger partial charge >= 0.3 is 0 Å². The van der Waals surface area contributed by atoms with Gasteiger partial charge in [0.1, 0.15) is 6.07 Å². The number of Topliss-reactive ketones (excluding diaryl/α,β-unsaturated/α-hetero) is 1. The second-order valence-corrected chi connectivity index (χ2v) is 2.97. The summed E-state index contributed by atoms with van der Waals surface area (Å²) in [6, 6.07) is 4.59. The molecule has 0 atom stereocenters. The van der Waals surface area contributed by atoms with E-state index in [0.717, 1.165) is 0 Å². The van der Waals surface area contributed by atoms with E-state index in [4.69, 9.17) is 10.00 Å². The molecule has 15 heavy (non-hydrogen) atoms. The number of nitrogens with zero attached hydrogens (tertiary/aromatic N) is 1. The first kappa shape index (κ1) is 11.1. The molecule has 0 spiro atoms. The van der Waals surface area contributed by atoms with Gasteiger partial charge in [0.15, 0.2) is 17.3 Å². The molecule has 0 aliphatic heterocycles. The molecule has 0 bridgehead atoms. The number of aromatic hydroxyl groups is 1. The van der Waals surface area contributed by atoms with E-state index in [1.807, 2.05) is 6.07 Å². The van der Waals surface area contributed by atoms with Crippen LogP contribution in [0, 0.1) is 11.3 Å². The summed E-state index contributed by atoms with van der Waals surface area (Å²) in [5.74, 6) is -0.224. The van der Waals surface area contributed by atoms with Crippen molar-refractivity contribution in [3.8, 4) is 17.6 Å². The van der Waals surface area contributed by atoms with Gasteiger partial charge in [-0.25, -0.2) is 0 Å². The Labute approximate surface area is 87.7 Å². The number of carbonyl (C=O) groups is 1. The highest BCUT2D eigenvalue weighted by molar-refractivity contribution is 5.95. The van der Waals surface area contributed by atoms with Crippen LogP contribution in [-0.4, -0.2) is 17.5 Å². The molecule has 0 aromatic heterocycles. The molecule has 4 nitrogen and oxygen atoms in total. The van der Waals surface area contributed by atoms with Crippen LogP contribution in [0.3, 0.4) is 0 Å². The lowest BCUT2D eigenvalue weighted by Crippen LogP contribution is -1.98. The van der Waals surface area contributed by atoms with Crippen molar-refractivity contribution in [1.82, 2.24) is 0 Å². The highest BCUT2D eigenvalue weighted by Gasteiger charge is 2.12. The highest BCUT2D eigenvalue weighted by atomic mass is 16.5. The van der Waals surface area contributed by atoms with E-state index in [1.54, 1.807) is 6.92 Å². The van der Waals surface area contributed by atoms with Gasteiger partial charge in [-0.05, 0) is 26.0 Å². The molecular weight excluding hydrogens is 194 g/mol. The van der Waals surface area contributed by atoms with E-state index in [-0.39, 0.29) is 22.8 Å². The van der Waals surface area contributed by atoms with Gasteiger partial charge in [0.2, 0.25) is 0 Å². The number of phenolic OH excluding ortho intramolecular Hbond substituents is 1. The van der Waals surface area contributed by atoms with Crippen molar-refractivity contribution >= 4 is 5.78 Å². The molecule has 1 aromatic carbocycles. The number of hydrogen-bond donors (Lipinski definition) is 1. The minimum absolute atomic E-state index is 0.0474. The Morgan fingerprint density at radius 2 is 2.27 bits per heavy atom. The topological polar surface area (TPSA) is 70.3 Å². The van der Waals surface area contributed by atoms with Crippen molar-refractivity contribution in [1.29, 1.82) is 5.26 Å². The number of carbonyl (C=O) groups excluding carboxylic acids is 1. The van der Waals surface area contributed by atoms with Crippen LogP contribution in [0.4, 0.5) is 0 Å². The van der Waals surface area contributed by atoms with Crippen molar-refractivity contribution in [3.63, 3.8) is 0 Å². The molecule has 1 rings (SSSR count). The molecular formula is C11H11NO3. The Morgan fingerprint density at radius 3 is 2.73 bits per heavy atom. The largest absolute Gasteiger partial charge is 0.503 e. The average Bonchev–Trinajstić information content (AvgIpc) is 2.21. The molecule has 0 saturated heterocycles. The van der Waals surface area contributed by atoms with E-state index in [2.05, 4.69) is 0 Å². The average molecular weight is 205 g/mol. The third kappa shape index (κ3) is 2.26. The predicted octanol–water partition coefficient (Wildman–Crippen LogP) is 1.87. The minimum Gasteiger partial charge on any atom is -0.503 e. The summed E-state index contributed by atoms with van der Waals surface area (Å²) in [6.07, 6.45) is 0. The van der Waals surface area contributed by atoms with Crippen LogP contribution < -0.4 is 4.74 Å². The van der Waals surface area contributed by atoms with E-state index in [1.165, 1.54) is 19.1 Å². The zero-order chi connectivity index (χ0) is 11.4. The SMILES string of the molecule is CCOc1cc(C(C)=O)cc(C#N)c1O. The Balaban J connectivity index is 3.33. The molecule has 0 unspecified atom stereocenters. The fourth-order valence-electron chi connectivity index (χ4n) is 1.16. The van der Waals surface area contributed by atoms with Crippen LogP contribution in [0.5, 0.6) is 11.5 Å². The monoisotopic (exact) mass is 205 g/mol. The van der Waals surface area contributed by atoms with E-state index in [9.17, 15) is 9.90 Å². The van der Waals surface area contributed by atoms with Crippen LogP contribution in [-0.2, 0) is 0 Å². The number of nitriles is 1. The van der Waals surface area contributed by atoms with Crippen LogP contribution in [0.25, 0.3) is 0 Å². The van der Waals surface area contributed by atoms with Gasteiger partial charge in [-0.1, -0.05) is 0 Å². The maximum atomic E-state index is 11.1. The van der Waals surface area contributed by atoms with Crippen molar-refractivity contribution in [2.75, 3.05) is 6.61 Å². The first-order valence-corrected chi connectivity index (χ1v) is 4.51. The zero-order valence-electron chi connectivity index (χ0n) is 8.57. The molecule has 1 aromatic rings. The highest BCUT2D eigenvalue weighted by Crippen LogP contribution is 2.31. The Morgan fingerprint density at radius 1 is 1.60 bits per heavy atom. The summed E-state index contributed by atoms with van der Waals surface area (Å²) in [6.45, 7) is 3.51. The first-order chi connectivity index (χ1) is 7.10. The smallest absolute Gasteiger partial charge is 0.175 e. The molecule has 0 saturated carbocycles. The first-order valence-electron chi connectivity index (χ1n) is 4.51. The van der Waals surface area contributed by atoms with Crippen LogP contribution in [0.15, 0.2) is 12.1 Å². The molecule has 1 N–H and O–H groups in total. The standard InChI is InChI=1S/C11H11NO3/c1-3-15-10-5-8(7(2)13)4-9(6-12)11(10)14/h4-5,14H,3H2,1-2H3. The Hall–Kier alpha value is -2.02. The number of ketones is 1. The molecule has 0 fully saturated rings. The van der Waals surface area contributed by atoms with Crippen LogP contribution in [0.2, 0.25) is 0 Å². The summed E-state index contributed by atoms with van der Waals surface area (Å²) in [7, 11) is 0. The summed E-state index contributed by atoms with van der Waals surface area (Å²) in [5, 5.41) is 18.3. The lowest BCUT2D eigenvalue weighted by molar-refractivity contribution is 0.101. The number of rotatable bonds is 3. The van der Waals surface area contributed by atoms with Gasteiger partial charge in [0.25, 0.3) is 0 Å². The van der Waals surface area contributed by atoms with Crippen molar-refractivity contribution in [3.05, 3.63) is 23.3 Å². The molecule has 78 valence electrons. The second-order valence-electron chi connectivity index (χ2n) is 2.97. The lowest BCUT2D eigenvalue weighted by Gasteiger charge is -2.08. The van der Waals surface area contributed by atoms with E-state index >= 15 is 0 Å². The summed E-state index contributed by atoms with van der Waals surface area (Å²) < 4.78 is 5.12. The molecule has 0 heterocycles. The molecule has 0 aliphatic rings. The molecule has 0 aliphatic carbocycles. The van der Waals surface area contributed by atoms with E-state index in [0.29, 0.717) is 12.2 Å². The van der Waals surface area contributed by atoms with Crippen LogP contribution in [0.1, 0.15) is 29.8 Å². The van der Waals surface area contributed by atoms with E-state index < -0.39 is 0 Å². The van der Waals surface area contributed by atoms with Crippen molar-refractivity contribution in [2.45, 2.75) is 13.8 Å². The lowest BCUT2D eigenvalue weighted by atomic mass is 10.1. The van der Waals surface area contributed by atoms with Crippen molar-refractivity contribution in [2.24, 2.45) is 0 Å². The maximum absolute atomic E-state index is 11.1. The quantitative estimate of drug-likeness (QED) is 0.764. The molecule has 0 amide bonds. The molecule has 0 radical (unpaired) electrons. The van der Waals surface area contributed by atoms with Crippen molar-refractivity contribution < 1.29 is 14.6 Å². The third-order valence-corrected chi connectivity index (χ3v) is 1.90. The molecule has 4 heteroatoms. The van der Waals surface area contributed by atoms with Crippen LogP contribution >= 0.6 is 0 Å². The number of benzene rings is 1. The third-order valence-electron chi connectivity index (χ3n) is 1.90. The van der Waals surface area contributed by atoms with Gasteiger partial charge in [0.05, 0.1) is 12.2 Å². The second kappa shape index (κ2) is 4.47. The fourth-order valence-corrected chi connectivity index (χ4v) is 1.16. The minimum atomic E-state index is -0.218. The van der Waals surface area contributed by atoms with Gasteiger partial charge in [-0.2, -0.15) is 5.26 Å². The normalized spacial score (nSPS) is 9.40.